The Labute approximate surface area is 123 Å². The van der Waals surface area contributed by atoms with Gasteiger partial charge >= 0.3 is 0 Å². The molecule has 0 saturated heterocycles. The molecule has 0 aliphatic heterocycles. The van der Waals surface area contributed by atoms with Crippen LogP contribution in [0.25, 0.3) is 0 Å². The molecule has 0 bridgehead atoms. The summed E-state index contributed by atoms with van der Waals surface area (Å²) in [5.41, 5.74) is 2.40. The summed E-state index contributed by atoms with van der Waals surface area (Å²) in [5, 5.41) is 3.56. The number of methoxy groups -OCH3 is 2. The lowest BCUT2D eigenvalue weighted by Gasteiger charge is -2.27. The lowest BCUT2D eigenvalue weighted by Crippen LogP contribution is -2.27. The van der Waals surface area contributed by atoms with E-state index in [-0.39, 0.29) is 5.60 Å². The Balaban J connectivity index is 2.92. The van der Waals surface area contributed by atoms with Gasteiger partial charge in [-0.1, -0.05) is 24.6 Å². The minimum Gasteiger partial charge on any atom is -0.496 e. The number of ether oxygens (including phenoxy) is 2. The number of benzene rings is 1. The number of aryl methyl sites for hydroxylation is 1. The molecule has 1 aromatic carbocycles. The van der Waals surface area contributed by atoms with Gasteiger partial charge in [-0.25, -0.2) is 0 Å². The van der Waals surface area contributed by atoms with E-state index in [0.29, 0.717) is 6.04 Å². The van der Waals surface area contributed by atoms with E-state index >= 15 is 0 Å². The van der Waals surface area contributed by atoms with E-state index < -0.39 is 0 Å². The third-order valence-electron chi connectivity index (χ3n) is 3.80. The minimum absolute atomic E-state index is 0.0925. The molecule has 1 unspecified atom stereocenters. The van der Waals surface area contributed by atoms with Gasteiger partial charge in [-0.2, -0.15) is 0 Å². The molecule has 0 heterocycles. The maximum Gasteiger partial charge on any atom is 0.123 e. The van der Waals surface area contributed by atoms with E-state index in [2.05, 4.69) is 51.2 Å². The molecule has 0 aliphatic carbocycles. The van der Waals surface area contributed by atoms with Crippen LogP contribution >= 0.6 is 0 Å². The molecule has 1 rings (SSSR count). The van der Waals surface area contributed by atoms with Crippen LogP contribution in [0.3, 0.4) is 0 Å². The molecule has 0 saturated carbocycles. The number of hydrogen-bond acceptors (Lipinski definition) is 3. The first-order valence-corrected chi connectivity index (χ1v) is 7.36. The molecule has 0 radical (unpaired) electrons. The van der Waals surface area contributed by atoms with Gasteiger partial charge in [-0.15, -0.1) is 0 Å². The van der Waals surface area contributed by atoms with Crippen LogP contribution in [-0.4, -0.2) is 26.4 Å². The summed E-state index contributed by atoms with van der Waals surface area (Å²) in [6.45, 7) is 9.45. The largest absolute Gasteiger partial charge is 0.496 e. The third kappa shape index (κ3) is 4.80. The lowest BCUT2D eigenvalue weighted by atomic mass is 9.93. The molecule has 0 aromatic heterocycles. The highest BCUT2D eigenvalue weighted by Crippen LogP contribution is 2.31. The van der Waals surface area contributed by atoms with Gasteiger partial charge in [0.25, 0.3) is 0 Å². The van der Waals surface area contributed by atoms with E-state index in [1.165, 1.54) is 11.1 Å². The summed E-state index contributed by atoms with van der Waals surface area (Å²) in [7, 11) is 3.51. The topological polar surface area (TPSA) is 30.5 Å². The van der Waals surface area contributed by atoms with Gasteiger partial charge in [0.1, 0.15) is 5.75 Å². The minimum atomic E-state index is -0.0925. The summed E-state index contributed by atoms with van der Waals surface area (Å²) in [5.74, 6) is 0.955. The second-order valence-corrected chi connectivity index (χ2v) is 5.86. The van der Waals surface area contributed by atoms with Crippen LogP contribution < -0.4 is 10.1 Å². The van der Waals surface area contributed by atoms with E-state index in [4.69, 9.17) is 9.47 Å². The van der Waals surface area contributed by atoms with Gasteiger partial charge in [0.15, 0.2) is 0 Å². The third-order valence-corrected chi connectivity index (χ3v) is 3.80. The second kappa shape index (κ2) is 7.65. The zero-order valence-corrected chi connectivity index (χ0v) is 13.7. The van der Waals surface area contributed by atoms with Crippen molar-refractivity contribution in [3.8, 4) is 5.75 Å². The van der Waals surface area contributed by atoms with Crippen molar-refractivity contribution in [2.24, 2.45) is 0 Å². The SMILES string of the molecule is CCNC(CCC(C)(C)OC)c1cc(C)ccc1OC. The molecule has 1 N–H and O–H groups in total. The molecule has 0 spiro atoms. The standard InChI is InChI=1S/C17H29NO2/c1-7-18-15(10-11-17(3,4)20-6)14-12-13(2)8-9-16(14)19-5/h8-9,12,15,18H,7,10-11H2,1-6H3. The first kappa shape index (κ1) is 17.0. The van der Waals surface area contributed by atoms with E-state index in [9.17, 15) is 0 Å². The van der Waals surface area contributed by atoms with Gasteiger partial charge in [0, 0.05) is 18.7 Å². The van der Waals surface area contributed by atoms with Crippen LogP contribution in [-0.2, 0) is 4.74 Å². The van der Waals surface area contributed by atoms with E-state index in [0.717, 1.165) is 25.1 Å². The Morgan fingerprint density at radius 1 is 1.25 bits per heavy atom. The maximum absolute atomic E-state index is 5.52. The van der Waals surface area contributed by atoms with Crippen molar-refractivity contribution in [2.45, 2.75) is 52.2 Å². The Morgan fingerprint density at radius 2 is 1.95 bits per heavy atom. The number of hydrogen-bond donors (Lipinski definition) is 1. The van der Waals surface area contributed by atoms with Crippen molar-refractivity contribution in [3.63, 3.8) is 0 Å². The molecule has 20 heavy (non-hydrogen) atoms. The monoisotopic (exact) mass is 279 g/mol. The molecule has 1 aromatic rings. The van der Waals surface area contributed by atoms with Gasteiger partial charge in [0.2, 0.25) is 0 Å². The summed E-state index contributed by atoms with van der Waals surface area (Å²) >= 11 is 0. The average Bonchev–Trinajstić information content (AvgIpc) is 2.43. The lowest BCUT2D eigenvalue weighted by molar-refractivity contribution is 0.0116. The van der Waals surface area contributed by atoms with Gasteiger partial charge in [-0.3, -0.25) is 0 Å². The van der Waals surface area contributed by atoms with Crippen LogP contribution in [0.4, 0.5) is 0 Å². The fourth-order valence-electron chi connectivity index (χ4n) is 2.33. The Bertz CT molecular complexity index is 415. The quantitative estimate of drug-likeness (QED) is 0.784. The van der Waals surface area contributed by atoms with Gasteiger partial charge < -0.3 is 14.8 Å². The fraction of sp³-hybridized carbons (Fsp3) is 0.647. The van der Waals surface area contributed by atoms with Gasteiger partial charge in [0.05, 0.1) is 12.7 Å². The van der Waals surface area contributed by atoms with Crippen LogP contribution in [0.1, 0.15) is 50.8 Å². The van der Waals surface area contributed by atoms with Crippen molar-refractivity contribution < 1.29 is 9.47 Å². The summed E-state index contributed by atoms with van der Waals surface area (Å²) < 4.78 is 11.0. The van der Waals surface area contributed by atoms with Crippen molar-refractivity contribution in [3.05, 3.63) is 29.3 Å². The van der Waals surface area contributed by atoms with Crippen LogP contribution in [0, 0.1) is 6.92 Å². The maximum atomic E-state index is 5.52. The number of rotatable bonds is 8. The zero-order chi connectivity index (χ0) is 15.2. The summed E-state index contributed by atoms with van der Waals surface area (Å²) in [6, 6.07) is 6.65. The fourth-order valence-corrected chi connectivity index (χ4v) is 2.33. The molecule has 3 nitrogen and oxygen atoms in total. The molecular weight excluding hydrogens is 250 g/mol. The molecule has 114 valence electrons. The van der Waals surface area contributed by atoms with Crippen LogP contribution in [0.15, 0.2) is 18.2 Å². The highest BCUT2D eigenvalue weighted by atomic mass is 16.5. The molecule has 0 aliphatic rings. The molecule has 3 heteroatoms. The predicted molar refractivity (Wildman–Crippen MR) is 84.5 cm³/mol. The van der Waals surface area contributed by atoms with Crippen LogP contribution in [0.2, 0.25) is 0 Å². The van der Waals surface area contributed by atoms with Crippen molar-refractivity contribution >= 4 is 0 Å². The zero-order valence-electron chi connectivity index (χ0n) is 13.7. The Hall–Kier alpha value is -1.06. The van der Waals surface area contributed by atoms with E-state index in [1.807, 2.05) is 0 Å². The highest BCUT2D eigenvalue weighted by Gasteiger charge is 2.21. The predicted octanol–water partition coefficient (Wildman–Crippen LogP) is 3.86. The molecule has 0 fully saturated rings. The van der Waals surface area contributed by atoms with Gasteiger partial charge in [-0.05, 0) is 46.2 Å². The second-order valence-electron chi connectivity index (χ2n) is 5.86. The van der Waals surface area contributed by atoms with Crippen molar-refractivity contribution in [1.29, 1.82) is 0 Å². The number of nitrogens with one attached hydrogen (secondary N) is 1. The Kier molecular flexibility index (Phi) is 6.50. The van der Waals surface area contributed by atoms with Crippen molar-refractivity contribution in [1.82, 2.24) is 5.32 Å². The first-order chi connectivity index (χ1) is 9.43. The summed E-state index contributed by atoms with van der Waals surface area (Å²) in [6.07, 6.45) is 2.02. The van der Waals surface area contributed by atoms with E-state index in [1.54, 1.807) is 14.2 Å². The Morgan fingerprint density at radius 3 is 2.50 bits per heavy atom. The van der Waals surface area contributed by atoms with Crippen molar-refractivity contribution in [2.75, 3.05) is 20.8 Å². The normalized spacial score (nSPS) is 13.3. The molecule has 1 atom stereocenters. The smallest absolute Gasteiger partial charge is 0.123 e. The average molecular weight is 279 g/mol. The molecule has 0 amide bonds. The summed E-state index contributed by atoms with van der Waals surface area (Å²) in [4.78, 5) is 0. The molecular formula is C17H29NO2. The highest BCUT2D eigenvalue weighted by molar-refractivity contribution is 5.39. The van der Waals surface area contributed by atoms with Crippen LogP contribution in [0.5, 0.6) is 5.75 Å². The first-order valence-electron chi connectivity index (χ1n) is 7.36.